The molecule has 1 aromatic rings. The summed E-state index contributed by atoms with van der Waals surface area (Å²) in [6.45, 7) is 1.28. The average Bonchev–Trinajstić information content (AvgIpc) is 2.79. The lowest BCUT2D eigenvalue weighted by atomic mass is 10.0. The van der Waals surface area contributed by atoms with Gasteiger partial charge >= 0.3 is 0 Å². The van der Waals surface area contributed by atoms with E-state index in [1.807, 2.05) is 18.2 Å². The van der Waals surface area contributed by atoms with Crippen molar-refractivity contribution in [1.82, 2.24) is 0 Å². The number of terminal acetylenes is 1. The predicted octanol–water partition coefficient (Wildman–Crippen LogP) is 8.22. The van der Waals surface area contributed by atoms with Crippen molar-refractivity contribution in [3.8, 4) is 12.3 Å². The van der Waals surface area contributed by atoms with Crippen LogP contribution in [0.15, 0.2) is 30.3 Å². The van der Waals surface area contributed by atoms with Gasteiger partial charge in [-0.3, -0.25) is 0 Å². The Labute approximate surface area is 193 Å². The third kappa shape index (κ3) is 19.1. The van der Waals surface area contributed by atoms with Crippen molar-refractivity contribution in [2.24, 2.45) is 0 Å². The third-order valence-electron chi connectivity index (χ3n) is 6.07. The van der Waals surface area contributed by atoms with Crippen molar-refractivity contribution in [3.05, 3.63) is 35.9 Å². The number of rotatable bonds is 22. The minimum absolute atomic E-state index is 0.210. The molecule has 0 aromatic heterocycles. The molecular formula is C29H48O2. The van der Waals surface area contributed by atoms with Crippen LogP contribution in [0.1, 0.15) is 121 Å². The monoisotopic (exact) mass is 428 g/mol. The molecular weight excluding hydrogens is 380 g/mol. The Morgan fingerprint density at radius 1 is 0.677 bits per heavy atom. The van der Waals surface area contributed by atoms with Crippen LogP contribution >= 0.6 is 0 Å². The average molecular weight is 429 g/mol. The molecule has 176 valence electrons. The third-order valence-corrected chi connectivity index (χ3v) is 6.07. The number of hydrogen-bond donors (Lipinski definition) is 1. The van der Waals surface area contributed by atoms with Crippen LogP contribution in [0.5, 0.6) is 0 Å². The molecule has 0 unspecified atom stereocenters. The van der Waals surface area contributed by atoms with Crippen LogP contribution in [0.25, 0.3) is 0 Å². The highest BCUT2D eigenvalue weighted by atomic mass is 16.5. The van der Waals surface area contributed by atoms with Gasteiger partial charge in [-0.15, -0.1) is 12.3 Å². The Kier molecular flexibility index (Phi) is 19.6. The molecule has 0 bridgehead atoms. The highest BCUT2D eigenvalue weighted by molar-refractivity contribution is 5.13. The summed E-state index contributed by atoms with van der Waals surface area (Å²) in [4.78, 5) is 0. The van der Waals surface area contributed by atoms with Crippen molar-refractivity contribution in [1.29, 1.82) is 0 Å². The van der Waals surface area contributed by atoms with Crippen LogP contribution in [-0.2, 0) is 11.3 Å². The largest absolute Gasteiger partial charge is 0.393 e. The maximum atomic E-state index is 10.1. The maximum absolute atomic E-state index is 10.1. The van der Waals surface area contributed by atoms with Gasteiger partial charge in [-0.1, -0.05) is 120 Å². The molecule has 0 fully saturated rings. The van der Waals surface area contributed by atoms with E-state index in [1.54, 1.807) is 0 Å². The molecule has 2 nitrogen and oxygen atoms in total. The van der Waals surface area contributed by atoms with Crippen molar-refractivity contribution in [2.45, 2.75) is 128 Å². The second-order valence-electron chi connectivity index (χ2n) is 9.03. The van der Waals surface area contributed by atoms with E-state index in [0.717, 1.165) is 25.7 Å². The van der Waals surface area contributed by atoms with Crippen LogP contribution < -0.4 is 0 Å². The zero-order valence-electron chi connectivity index (χ0n) is 20.0. The predicted molar refractivity (Wildman–Crippen MR) is 134 cm³/mol. The summed E-state index contributed by atoms with van der Waals surface area (Å²) in [5.41, 5.74) is 1.19. The number of unbranched alkanes of at least 4 members (excludes halogenated alkanes) is 15. The van der Waals surface area contributed by atoms with Crippen LogP contribution in [0.4, 0.5) is 0 Å². The van der Waals surface area contributed by atoms with Gasteiger partial charge < -0.3 is 9.84 Å². The van der Waals surface area contributed by atoms with Crippen molar-refractivity contribution < 1.29 is 9.84 Å². The van der Waals surface area contributed by atoms with E-state index in [2.05, 4.69) is 18.1 Å². The molecule has 0 heterocycles. The molecule has 31 heavy (non-hydrogen) atoms. The van der Waals surface area contributed by atoms with Gasteiger partial charge in [0.15, 0.2) is 0 Å². The fourth-order valence-corrected chi connectivity index (χ4v) is 4.03. The minimum atomic E-state index is -0.210. The molecule has 1 atom stereocenters. The molecule has 0 amide bonds. The molecule has 0 radical (unpaired) electrons. The van der Waals surface area contributed by atoms with E-state index in [0.29, 0.717) is 13.2 Å². The summed E-state index contributed by atoms with van der Waals surface area (Å²) in [5, 5.41) is 10.1. The van der Waals surface area contributed by atoms with Crippen LogP contribution in [0, 0.1) is 12.3 Å². The zero-order valence-corrected chi connectivity index (χ0v) is 20.0. The van der Waals surface area contributed by atoms with Crippen molar-refractivity contribution in [2.75, 3.05) is 6.61 Å². The first-order valence-electron chi connectivity index (χ1n) is 13.1. The first-order chi connectivity index (χ1) is 15.3. The molecule has 0 saturated carbocycles. The normalized spacial score (nSPS) is 12.0. The maximum Gasteiger partial charge on any atom is 0.0716 e. The summed E-state index contributed by atoms with van der Waals surface area (Å²) >= 11 is 0. The van der Waals surface area contributed by atoms with E-state index in [-0.39, 0.29) is 6.10 Å². The van der Waals surface area contributed by atoms with E-state index >= 15 is 0 Å². The molecule has 1 rings (SSSR count). The molecule has 2 heteroatoms. The Morgan fingerprint density at radius 2 is 1.16 bits per heavy atom. The van der Waals surface area contributed by atoms with Crippen molar-refractivity contribution in [3.63, 3.8) is 0 Å². The molecule has 0 aliphatic carbocycles. The SMILES string of the molecule is C#CCCCCCCCCCCCCCCCCC[C@@H](O)CCOCc1ccccc1. The summed E-state index contributed by atoms with van der Waals surface area (Å²) in [5.74, 6) is 2.72. The standard InChI is InChI=1S/C29H48O2/c1-2-3-4-5-6-7-8-9-10-11-12-13-14-15-16-17-21-24-29(30)25-26-31-27-28-22-19-18-20-23-28/h1,18-20,22-23,29-30H,3-17,21,24-27H2/t29-/m1/s1. The highest BCUT2D eigenvalue weighted by Crippen LogP contribution is 2.15. The Hall–Kier alpha value is -1.30. The first kappa shape index (κ1) is 27.7. The quantitative estimate of drug-likeness (QED) is 0.149. The number of aliphatic hydroxyl groups is 1. The Morgan fingerprint density at radius 3 is 1.68 bits per heavy atom. The topological polar surface area (TPSA) is 29.5 Å². The number of hydrogen-bond acceptors (Lipinski definition) is 2. The minimum Gasteiger partial charge on any atom is -0.393 e. The Balaban J connectivity index is 1.73. The van der Waals surface area contributed by atoms with E-state index in [4.69, 9.17) is 11.2 Å². The van der Waals surface area contributed by atoms with Crippen LogP contribution in [0.3, 0.4) is 0 Å². The van der Waals surface area contributed by atoms with Gasteiger partial charge in [0, 0.05) is 13.0 Å². The molecule has 0 saturated heterocycles. The zero-order chi connectivity index (χ0) is 22.2. The summed E-state index contributed by atoms with van der Waals surface area (Å²) in [7, 11) is 0. The lowest BCUT2D eigenvalue weighted by molar-refractivity contribution is 0.0689. The highest BCUT2D eigenvalue weighted by Gasteiger charge is 2.04. The molecule has 0 spiro atoms. The fourth-order valence-electron chi connectivity index (χ4n) is 4.03. The van der Waals surface area contributed by atoms with Gasteiger partial charge in [-0.25, -0.2) is 0 Å². The molecule has 0 aliphatic heterocycles. The smallest absolute Gasteiger partial charge is 0.0716 e. The summed E-state index contributed by atoms with van der Waals surface area (Å²) in [6.07, 6.45) is 27.8. The van der Waals surface area contributed by atoms with Gasteiger partial charge in [0.05, 0.1) is 12.7 Å². The van der Waals surface area contributed by atoms with Crippen LogP contribution in [0.2, 0.25) is 0 Å². The molecule has 0 aliphatic rings. The number of ether oxygens (including phenoxy) is 1. The summed E-state index contributed by atoms with van der Waals surface area (Å²) in [6, 6.07) is 10.2. The Bertz CT molecular complexity index is 519. The lowest BCUT2D eigenvalue weighted by Gasteiger charge is -2.11. The van der Waals surface area contributed by atoms with Gasteiger partial charge in [-0.05, 0) is 24.8 Å². The van der Waals surface area contributed by atoms with Gasteiger partial charge in [-0.2, -0.15) is 0 Å². The molecule has 1 N–H and O–H groups in total. The van der Waals surface area contributed by atoms with Gasteiger partial charge in [0.2, 0.25) is 0 Å². The number of aliphatic hydroxyl groups excluding tert-OH is 1. The van der Waals surface area contributed by atoms with Crippen molar-refractivity contribution >= 4 is 0 Å². The fraction of sp³-hybridized carbons (Fsp3) is 0.724. The van der Waals surface area contributed by atoms with E-state index in [9.17, 15) is 5.11 Å². The number of benzene rings is 1. The first-order valence-corrected chi connectivity index (χ1v) is 13.1. The van der Waals surface area contributed by atoms with Gasteiger partial charge in [0.1, 0.15) is 0 Å². The van der Waals surface area contributed by atoms with E-state index < -0.39 is 0 Å². The van der Waals surface area contributed by atoms with Crippen LogP contribution in [-0.4, -0.2) is 17.8 Å². The lowest BCUT2D eigenvalue weighted by Crippen LogP contribution is -2.10. The second kappa shape index (κ2) is 21.9. The summed E-state index contributed by atoms with van der Waals surface area (Å²) < 4.78 is 5.66. The van der Waals surface area contributed by atoms with Gasteiger partial charge in [0.25, 0.3) is 0 Å². The van der Waals surface area contributed by atoms with E-state index in [1.165, 1.54) is 95.5 Å². The second-order valence-corrected chi connectivity index (χ2v) is 9.03. The molecule has 1 aromatic carbocycles.